The van der Waals surface area contributed by atoms with Gasteiger partial charge in [0, 0.05) is 17.2 Å². The molecule has 2 aromatic rings. The van der Waals surface area contributed by atoms with Gasteiger partial charge in [-0.3, -0.25) is 0 Å². The Morgan fingerprint density at radius 1 is 0.857 bits per heavy atom. The second kappa shape index (κ2) is 7.23. The summed E-state index contributed by atoms with van der Waals surface area (Å²) in [5, 5.41) is 3.07. The molecule has 2 aromatic carbocycles. The van der Waals surface area contributed by atoms with E-state index in [-0.39, 0.29) is 17.4 Å². The molecule has 0 aromatic heterocycles. The van der Waals surface area contributed by atoms with Crippen LogP contribution in [0.25, 0.3) is 11.1 Å². The fourth-order valence-corrected chi connectivity index (χ4v) is 4.38. The third kappa shape index (κ3) is 3.41. The maximum absolute atomic E-state index is 10.9. The smallest absolute Gasteiger partial charge is 0.130 e. The summed E-state index contributed by atoms with van der Waals surface area (Å²) in [6.07, 6.45) is 2.35. The van der Waals surface area contributed by atoms with Crippen molar-refractivity contribution in [3.8, 4) is 22.6 Å². The van der Waals surface area contributed by atoms with Gasteiger partial charge in [0.15, 0.2) is 0 Å². The molecule has 1 aliphatic carbocycles. The molecule has 1 aliphatic rings. The first-order valence-corrected chi connectivity index (χ1v) is 9.84. The zero-order valence-corrected chi connectivity index (χ0v) is 18.1. The van der Waals surface area contributed by atoms with Gasteiger partial charge in [-0.2, -0.15) is 4.91 Å². The van der Waals surface area contributed by atoms with Gasteiger partial charge in [-0.15, -0.1) is 0 Å². The van der Waals surface area contributed by atoms with Crippen LogP contribution in [0.2, 0.25) is 0 Å². The molecule has 28 heavy (non-hydrogen) atoms. The van der Waals surface area contributed by atoms with Crippen LogP contribution in [0.4, 0.5) is 0 Å². The molecular weight excluding hydrogens is 350 g/mol. The summed E-state index contributed by atoms with van der Waals surface area (Å²) < 4.78 is 11.1. The molecule has 150 valence electrons. The van der Waals surface area contributed by atoms with Crippen LogP contribution in [0.5, 0.6) is 11.5 Å². The highest BCUT2D eigenvalue weighted by Gasteiger charge is 2.37. The molecule has 4 nitrogen and oxygen atoms in total. The summed E-state index contributed by atoms with van der Waals surface area (Å²) in [6.45, 7) is 11.5. The van der Waals surface area contributed by atoms with Crippen LogP contribution in [0.3, 0.4) is 0 Å². The topological polar surface area (TPSA) is 47.9 Å². The third-order valence-electron chi connectivity index (χ3n) is 6.33. The van der Waals surface area contributed by atoms with Gasteiger partial charge in [-0.25, -0.2) is 0 Å². The minimum absolute atomic E-state index is 0.0721. The molecule has 3 rings (SSSR count). The molecule has 4 heteroatoms. The van der Waals surface area contributed by atoms with E-state index in [9.17, 15) is 4.91 Å². The Morgan fingerprint density at radius 3 is 1.96 bits per heavy atom. The molecule has 0 saturated carbocycles. The number of nitrogens with zero attached hydrogens (tertiary/aromatic N) is 1. The van der Waals surface area contributed by atoms with Crippen molar-refractivity contribution in [3.63, 3.8) is 0 Å². The van der Waals surface area contributed by atoms with Gasteiger partial charge < -0.3 is 9.47 Å². The lowest BCUT2D eigenvalue weighted by atomic mass is 9.62. The first kappa shape index (κ1) is 20.4. The van der Waals surface area contributed by atoms with Gasteiger partial charge >= 0.3 is 0 Å². The lowest BCUT2D eigenvalue weighted by molar-refractivity contribution is 0.332. The van der Waals surface area contributed by atoms with Crippen LogP contribution in [-0.4, -0.2) is 14.2 Å². The first-order chi connectivity index (χ1) is 13.1. The highest BCUT2D eigenvalue weighted by Crippen LogP contribution is 2.48. The molecule has 0 heterocycles. The molecule has 0 amide bonds. The summed E-state index contributed by atoms with van der Waals surface area (Å²) in [7, 11) is 3.26. The Labute approximate surface area is 168 Å². The molecule has 0 aliphatic heterocycles. The molecule has 0 bridgehead atoms. The van der Waals surface area contributed by atoms with Gasteiger partial charge in [0.1, 0.15) is 18.0 Å². The Hall–Kier alpha value is -2.36. The van der Waals surface area contributed by atoms with Gasteiger partial charge in [0.05, 0.1) is 14.2 Å². The van der Waals surface area contributed by atoms with Crippen LogP contribution in [0, 0.1) is 11.8 Å². The van der Waals surface area contributed by atoms with Crippen molar-refractivity contribution >= 4 is 0 Å². The molecule has 0 N–H and O–H groups in total. The zero-order chi connectivity index (χ0) is 20.7. The quantitative estimate of drug-likeness (QED) is 0.571. The van der Waals surface area contributed by atoms with Crippen LogP contribution in [0.15, 0.2) is 29.4 Å². The minimum atomic E-state index is 0.0721. The summed E-state index contributed by atoms with van der Waals surface area (Å²) in [6, 6.07) is 8.50. The normalized spacial score (nSPS) is 17.0. The van der Waals surface area contributed by atoms with E-state index in [1.165, 1.54) is 23.1 Å². The van der Waals surface area contributed by atoms with Gasteiger partial charge in [-0.05, 0) is 65.0 Å². The number of fused-ring (bicyclic) bond motifs is 1. The van der Waals surface area contributed by atoms with Crippen molar-refractivity contribution in [1.82, 2.24) is 0 Å². The second-order valence-corrected chi connectivity index (χ2v) is 9.13. The number of ether oxygens (including phenoxy) is 2. The average Bonchev–Trinajstić information content (AvgIpc) is 2.65. The minimum Gasteiger partial charge on any atom is -0.496 e. The Balaban J connectivity index is 2.28. The lowest BCUT2D eigenvalue weighted by Gasteiger charge is -2.42. The van der Waals surface area contributed by atoms with E-state index < -0.39 is 0 Å². The standard InChI is InChI=1S/C24H31NO3/c1-15-10-19-20(24(4,5)9-8-23(19,2)3)12-17(15)18-11-16(14-25-26)21(27-6)13-22(18)28-7/h10-13H,8-9,14H2,1-7H3. The van der Waals surface area contributed by atoms with Crippen molar-refractivity contribution in [2.75, 3.05) is 14.2 Å². The van der Waals surface area contributed by atoms with Crippen LogP contribution in [0.1, 0.15) is 62.8 Å². The summed E-state index contributed by atoms with van der Waals surface area (Å²) >= 11 is 0. The van der Waals surface area contributed by atoms with Gasteiger partial charge in [0.2, 0.25) is 0 Å². The highest BCUT2D eigenvalue weighted by atomic mass is 16.5. The molecule has 0 atom stereocenters. The van der Waals surface area contributed by atoms with E-state index in [1.54, 1.807) is 14.2 Å². The SMILES string of the molecule is COc1cc(OC)c(-c2cc3c(cc2C)C(C)(C)CCC3(C)C)cc1CN=O. The van der Waals surface area contributed by atoms with E-state index in [2.05, 4.69) is 51.9 Å². The molecule has 0 fully saturated rings. The number of methoxy groups -OCH3 is 2. The highest BCUT2D eigenvalue weighted by molar-refractivity contribution is 5.77. The third-order valence-corrected chi connectivity index (χ3v) is 6.33. The van der Waals surface area contributed by atoms with Crippen LogP contribution >= 0.6 is 0 Å². The molecule has 0 radical (unpaired) electrons. The first-order valence-electron chi connectivity index (χ1n) is 9.84. The molecule has 0 spiro atoms. The molecule has 0 saturated heterocycles. The number of rotatable bonds is 5. The predicted molar refractivity (Wildman–Crippen MR) is 115 cm³/mol. The fraction of sp³-hybridized carbons (Fsp3) is 0.500. The number of aryl methyl sites for hydroxylation is 1. The number of hydrogen-bond donors (Lipinski definition) is 0. The summed E-state index contributed by atoms with van der Waals surface area (Å²) in [5.74, 6) is 1.36. The van der Waals surface area contributed by atoms with Crippen molar-refractivity contribution in [2.24, 2.45) is 5.18 Å². The van der Waals surface area contributed by atoms with Gasteiger partial charge in [-0.1, -0.05) is 38.9 Å². The van der Waals surface area contributed by atoms with Crippen LogP contribution in [-0.2, 0) is 17.4 Å². The van der Waals surface area contributed by atoms with Crippen molar-refractivity contribution in [2.45, 2.75) is 64.8 Å². The largest absolute Gasteiger partial charge is 0.496 e. The van der Waals surface area contributed by atoms with Gasteiger partial charge in [0.25, 0.3) is 0 Å². The van der Waals surface area contributed by atoms with E-state index >= 15 is 0 Å². The zero-order valence-electron chi connectivity index (χ0n) is 18.1. The second-order valence-electron chi connectivity index (χ2n) is 9.13. The maximum atomic E-state index is 10.9. The van der Waals surface area contributed by atoms with E-state index in [0.717, 1.165) is 28.9 Å². The lowest BCUT2D eigenvalue weighted by Crippen LogP contribution is -2.34. The van der Waals surface area contributed by atoms with E-state index in [0.29, 0.717) is 5.75 Å². The maximum Gasteiger partial charge on any atom is 0.130 e. The van der Waals surface area contributed by atoms with E-state index in [1.807, 2.05) is 12.1 Å². The Bertz CT molecular complexity index is 913. The monoisotopic (exact) mass is 381 g/mol. The molecule has 0 unspecified atom stereocenters. The van der Waals surface area contributed by atoms with Crippen molar-refractivity contribution in [1.29, 1.82) is 0 Å². The summed E-state index contributed by atoms with van der Waals surface area (Å²) in [4.78, 5) is 10.9. The molecular formula is C24H31NO3. The fourth-order valence-electron chi connectivity index (χ4n) is 4.38. The Kier molecular flexibility index (Phi) is 5.26. The van der Waals surface area contributed by atoms with E-state index in [4.69, 9.17) is 9.47 Å². The van der Waals surface area contributed by atoms with Crippen molar-refractivity contribution < 1.29 is 9.47 Å². The Morgan fingerprint density at radius 2 is 1.43 bits per heavy atom. The number of hydrogen-bond acceptors (Lipinski definition) is 4. The average molecular weight is 382 g/mol. The predicted octanol–water partition coefficient (Wildman–Crippen LogP) is 6.29. The number of benzene rings is 2. The number of nitroso groups, excluding NO2 is 1. The van der Waals surface area contributed by atoms with Crippen molar-refractivity contribution in [3.05, 3.63) is 51.4 Å². The van der Waals surface area contributed by atoms with Crippen LogP contribution < -0.4 is 9.47 Å². The summed E-state index contributed by atoms with van der Waals surface area (Å²) in [5.41, 5.74) is 7.22.